The molecule has 0 spiro atoms. The number of allylic oxidation sites excluding steroid dienone is 2. The van der Waals surface area contributed by atoms with Crippen molar-refractivity contribution < 1.29 is 4.79 Å². The molecule has 96 valence electrons. The number of thiophene rings is 1. The third kappa shape index (κ3) is 3.29. The molecule has 0 saturated carbocycles. The Kier molecular flexibility index (Phi) is 3.66. The maximum absolute atomic E-state index is 11.8. The summed E-state index contributed by atoms with van der Waals surface area (Å²) < 4.78 is 0. The van der Waals surface area contributed by atoms with E-state index < -0.39 is 0 Å². The molecule has 0 aromatic carbocycles. The van der Waals surface area contributed by atoms with Crippen LogP contribution in [0.3, 0.4) is 0 Å². The van der Waals surface area contributed by atoms with Gasteiger partial charge in [0.2, 0.25) is 0 Å². The Hall–Kier alpha value is -1.42. The maximum atomic E-state index is 11.8. The van der Waals surface area contributed by atoms with E-state index in [1.807, 2.05) is 11.4 Å². The summed E-state index contributed by atoms with van der Waals surface area (Å²) in [6.45, 7) is 6.55. The van der Waals surface area contributed by atoms with Crippen LogP contribution in [0.4, 0.5) is 0 Å². The first-order valence-electron chi connectivity index (χ1n) is 6.04. The summed E-state index contributed by atoms with van der Waals surface area (Å²) in [4.78, 5) is 12.5. The van der Waals surface area contributed by atoms with Crippen molar-refractivity contribution in [3.63, 3.8) is 0 Å². The lowest BCUT2D eigenvalue weighted by Gasteiger charge is -2.29. The highest BCUT2D eigenvalue weighted by Crippen LogP contribution is 2.33. The molecule has 0 radical (unpaired) electrons. The number of carbonyl (C=O) groups is 1. The van der Waals surface area contributed by atoms with Gasteiger partial charge in [0.05, 0.1) is 10.6 Å². The van der Waals surface area contributed by atoms with E-state index in [1.165, 1.54) is 16.9 Å². The highest BCUT2D eigenvalue weighted by Gasteiger charge is 2.24. The van der Waals surface area contributed by atoms with E-state index >= 15 is 0 Å². The third-order valence-electron chi connectivity index (χ3n) is 2.88. The third-order valence-corrected chi connectivity index (χ3v) is 3.74. The van der Waals surface area contributed by atoms with Gasteiger partial charge < -0.3 is 0 Å². The Morgan fingerprint density at radius 1 is 1.44 bits per heavy atom. The van der Waals surface area contributed by atoms with Crippen molar-refractivity contribution in [1.82, 2.24) is 5.43 Å². The van der Waals surface area contributed by atoms with E-state index in [1.54, 1.807) is 6.07 Å². The second-order valence-corrected chi connectivity index (χ2v) is 6.48. The topological polar surface area (TPSA) is 41.5 Å². The fourth-order valence-corrected chi connectivity index (χ4v) is 2.96. The molecule has 0 saturated heterocycles. The minimum Gasteiger partial charge on any atom is -0.266 e. The summed E-state index contributed by atoms with van der Waals surface area (Å²) in [7, 11) is 0. The van der Waals surface area contributed by atoms with Crippen molar-refractivity contribution in [3.05, 3.63) is 34.0 Å². The molecule has 1 aliphatic carbocycles. The molecule has 1 heterocycles. The molecule has 18 heavy (non-hydrogen) atoms. The standard InChI is InChI=1S/C14H18N2OS/c1-10-7-11(9-14(2,3)8-10)15-16-13(17)12-5-4-6-18-12/h4-7H,8-9H2,1-3H3,(H,16,17)/b15-11-. The molecule has 1 aliphatic rings. The summed E-state index contributed by atoms with van der Waals surface area (Å²) in [6.07, 6.45) is 4.06. The fraction of sp³-hybridized carbons (Fsp3) is 0.429. The summed E-state index contributed by atoms with van der Waals surface area (Å²) >= 11 is 1.42. The van der Waals surface area contributed by atoms with Crippen LogP contribution in [0, 0.1) is 5.41 Å². The summed E-state index contributed by atoms with van der Waals surface area (Å²) in [5, 5.41) is 6.12. The Morgan fingerprint density at radius 3 is 2.83 bits per heavy atom. The first kappa shape index (κ1) is 13.0. The Morgan fingerprint density at radius 2 is 2.22 bits per heavy atom. The molecule has 4 heteroatoms. The number of nitrogens with one attached hydrogen (secondary N) is 1. The first-order chi connectivity index (χ1) is 8.46. The van der Waals surface area contributed by atoms with Crippen molar-refractivity contribution in [3.8, 4) is 0 Å². The van der Waals surface area contributed by atoms with Gasteiger partial charge in [-0.2, -0.15) is 5.10 Å². The quantitative estimate of drug-likeness (QED) is 0.813. The molecule has 1 N–H and O–H groups in total. The minimum atomic E-state index is -0.132. The SMILES string of the molecule is CC1=C/C(=N/NC(=O)c2cccs2)CC(C)(C)C1. The van der Waals surface area contributed by atoms with Crippen LogP contribution in [-0.2, 0) is 0 Å². The highest BCUT2D eigenvalue weighted by molar-refractivity contribution is 7.12. The molecule has 0 fully saturated rings. The van der Waals surface area contributed by atoms with Gasteiger partial charge in [0.15, 0.2) is 0 Å². The predicted molar refractivity (Wildman–Crippen MR) is 76.0 cm³/mol. The average Bonchev–Trinajstić information content (AvgIpc) is 2.76. The number of hydrazone groups is 1. The van der Waals surface area contributed by atoms with Gasteiger partial charge in [-0.25, -0.2) is 5.43 Å². The van der Waals surface area contributed by atoms with Crippen LogP contribution in [0.15, 0.2) is 34.3 Å². The van der Waals surface area contributed by atoms with Crippen LogP contribution in [0.2, 0.25) is 0 Å². The minimum absolute atomic E-state index is 0.132. The Labute approximate surface area is 112 Å². The number of rotatable bonds is 2. The maximum Gasteiger partial charge on any atom is 0.281 e. The van der Waals surface area contributed by atoms with Gasteiger partial charge in [-0.3, -0.25) is 4.79 Å². The zero-order valence-electron chi connectivity index (χ0n) is 11.0. The smallest absolute Gasteiger partial charge is 0.266 e. The number of hydrogen-bond acceptors (Lipinski definition) is 3. The van der Waals surface area contributed by atoms with Gasteiger partial charge in [0.25, 0.3) is 5.91 Å². The first-order valence-corrected chi connectivity index (χ1v) is 6.92. The van der Waals surface area contributed by atoms with Gasteiger partial charge in [-0.1, -0.05) is 25.5 Å². The molecule has 1 aromatic heterocycles. The Bertz CT molecular complexity index is 498. The van der Waals surface area contributed by atoms with Crippen molar-refractivity contribution in [2.75, 3.05) is 0 Å². The second kappa shape index (κ2) is 5.06. The number of carbonyl (C=O) groups excluding carboxylic acids is 1. The molecule has 0 bridgehead atoms. The average molecular weight is 262 g/mol. The lowest BCUT2D eigenvalue weighted by atomic mass is 9.77. The Balaban J connectivity index is 2.06. The van der Waals surface area contributed by atoms with Crippen LogP contribution in [-0.4, -0.2) is 11.6 Å². The van der Waals surface area contributed by atoms with E-state index in [9.17, 15) is 4.79 Å². The van der Waals surface area contributed by atoms with E-state index in [2.05, 4.69) is 37.4 Å². The molecule has 0 atom stereocenters. The van der Waals surface area contributed by atoms with E-state index in [0.29, 0.717) is 4.88 Å². The van der Waals surface area contributed by atoms with E-state index in [0.717, 1.165) is 18.6 Å². The predicted octanol–water partition coefficient (Wildman–Crippen LogP) is 3.60. The molecule has 2 rings (SSSR count). The van der Waals surface area contributed by atoms with Crippen molar-refractivity contribution in [2.45, 2.75) is 33.6 Å². The molecule has 1 amide bonds. The van der Waals surface area contributed by atoms with Crippen molar-refractivity contribution in [2.24, 2.45) is 10.5 Å². The molecule has 0 unspecified atom stereocenters. The molecule has 3 nitrogen and oxygen atoms in total. The largest absolute Gasteiger partial charge is 0.281 e. The van der Waals surface area contributed by atoms with Crippen LogP contribution < -0.4 is 5.43 Å². The summed E-state index contributed by atoms with van der Waals surface area (Å²) in [5.41, 5.74) is 5.12. The van der Waals surface area contributed by atoms with E-state index in [4.69, 9.17) is 0 Å². The monoisotopic (exact) mass is 262 g/mol. The van der Waals surface area contributed by atoms with Crippen LogP contribution in [0.25, 0.3) is 0 Å². The molecule has 0 aliphatic heterocycles. The molecule has 1 aromatic rings. The van der Waals surface area contributed by atoms with Gasteiger partial charge in [-0.15, -0.1) is 11.3 Å². The lowest BCUT2D eigenvalue weighted by molar-refractivity contribution is 0.0958. The van der Waals surface area contributed by atoms with Gasteiger partial charge in [0, 0.05) is 0 Å². The van der Waals surface area contributed by atoms with Gasteiger partial charge in [-0.05, 0) is 42.7 Å². The molecular formula is C14H18N2OS. The zero-order valence-corrected chi connectivity index (χ0v) is 11.8. The van der Waals surface area contributed by atoms with Gasteiger partial charge in [0.1, 0.15) is 0 Å². The lowest BCUT2D eigenvalue weighted by Crippen LogP contribution is -2.25. The van der Waals surface area contributed by atoms with Gasteiger partial charge >= 0.3 is 0 Å². The van der Waals surface area contributed by atoms with Crippen LogP contribution >= 0.6 is 11.3 Å². The van der Waals surface area contributed by atoms with Crippen LogP contribution in [0.1, 0.15) is 43.3 Å². The number of hydrogen-bond donors (Lipinski definition) is 1. The summed E-state index contributed by atoms with van der Waals surface area (Å²) in [6, 6.07) is 3.66. The van der Waals surface area contributed by atoms with E-state index in [-0.39, 0.29) is 11.3 Å². The van der Waals surface area contributed by atoms with Crippen molar-refractivity contribution >= 4 is 23.0 Å². The van der Waals surface area contributed by atoms with Crippen molar-refractivity contribution in [1.29, 1.82) is 0 Å². The number of amides is 1. The second-order valence-electron chi connectivity index (χ2n) is 5.53. The molecular weight excluding hydrogens is 244 g/mol. The van der Waals surface area contributed by atoms with Crippen LogP contribution in [0.5, 0.6) is 0 Å². The highest BCUT2D eigenvalue weighted by atomic mass is 32.1. The number of nitrogens with zero attached hydrogens (tertiary/aromatic N) is 1. The summed E-state index contributed by atoms with van der Waals surface area (Å²) in [5.74, 6) is -0.132. The zero-order chi connectivity index (χ0) is 13.2. The fourth-order valence-electron chi connectivity index (χ4n) is 2.35. The normalized spacial score (nSPS) is 20.6.